The van der Waals surface area contributed by atoms with Crippen LogP contribution in [0.3, 0.4) is 0 Å². The molecule has 2 aromatic carbocycles. The van der Waals surface area contributed by atoms with E-state index in [1.807, 2.05) is 24.3 Å². The monoisotopic (exact) mass is 520 g/mol. The van der Waals surface area contributed by atoms with Crippen LogP contribution in [-0.2, 0) is 17.9 Å². The van der Waals surface area contributed by atoms with E-state index >= 15 is 0 Å². The summed E-state index contributed by atoms with van der Waals surface area (Å²) in [6.45, 7) is 9.05. The molecular weight excluding hydrogens is 476 g/mol. The summed E-state index contributed by atoms with van der Waals surface area (Å²) in [5.41, 5.74) is 3.22. The highest BCUT2D eigenvalue weighted by Gasteiger charge is 2.29. The molecule has 2 saturated heterocycles. The van der Waals surface area contributed by atoms with Crippen molar-refractivity contribution >= 4 is 12.2 Å². The van der Waals surface area contributed by atoms with Gasteiger partial charge in [-0.3, -0.25) is 19.4 Å². The van der Waals surface area contributed by atoms with E-state index in [2.05, 4.69) is 58.0 Å². The molecule has 0 bridgehead atoms. The number of hydrogen-bond acceptors (Lipinski definition) is 6. The second kappa shape index (κ2) is 14.4. The lowest BCUT2D eigenvalue weighted by Gasteiger charge is -2.34. The Morgan fingerprint density at radius 3 is 2.13 bits per heavy atom. The number of benzene rings is 2. The molecule has 0 N–H and O–H groups in total. The Balaban J connectivity index is 1.17. The summed E-state index contributed by atoms with van der Waals surface area (Å²) in [6, 6.07) is 16.3. The summed E-state index contributed by atoms with van der Waals surface area (Å²) >= 11 is 0. The van der Waals surface area contributed by atoms with Gasteiger partial charge in [-0.15, -0.1) is 0 Å². The van der Waals surface area contributed by atoms with Gasteiger partial charge in [-0.2, -0.15) is 0 Å². The van der Waals surface area contributed by atoms with Gasteiger partial charge in [0.25, 0.3) is 0 Å². The number of likely N-dealkylation sites (tertiary alicyclic amines) is 1. The number of piperidine rings is 1. The fourth-order valence-corrected chi connectivity index (χ4v) is 5.43. The quantitative estimate of drug-likeness (QED) is 0.332. The predicted molar refractivity (Wildman–Crippen MR) is 151 cm³/mol. The van der Waals surface area contributed by atoms with Gasteiger partial charge in [0.15, 0.2) is 0 Å². The predicted octanol–water partition coefficient (Wildman–Crippen LogP) is 3.78. The highest BCUT2D eigenvalue weighted by atomic mass is 16.5. The molecule has 2 fully saturated rings. The Bertz CT molecular complexity index is 1000. The molecule has 2 aromatic rings. The van der Waals surface area contributed by atoms with Crippen molar-refractivity contribution in [2.75, 3.05) is 66.5 Å². The lowest BCUT2D eigenvalue weighted by atomic mass is 9.94. The van der Waals surface area contributed by atoms with Gasteiger partial charge in [-0.05, 0) is 76.1 Å². The van der Waals surface area contributed by atoms with Gasteiger partial charge in [0.05, 0.1) is 6.61 Å². The number of carbonyl (C=O) groups is 2. The minimum absolute atomic E-state index is 0.145. The summed E-state index contributed by atoms with van der Waals surface area (Å²) in [4.78, 5) is 33.4. The molecule has 38 heavy (non-hydrogen) atoms. The van der Waals surface area contributed by atoms with Gasteiger partial charge in [-0.25, -0.2) is 0 Å². The summed E-state index contributed by atoms with van der Waals surface area (Å²) in [5, 5.41) is 0. The van der Waals surface area contributed by atoms with Crippen LogP contribution < -0.4 is 4.74 Å². The number of hydrogen-bond donors (Lipinski definition) is 0. The first-order valence-corrected chi connectivity index (χ1v) is 14.1. The largest absolute Gasteiger partial charge is 0.494 e. The highest BCUT2D eigenvalue weighted by Crippen LogP contribution is 2.23. The van der Waals surface area contributed by atoms with Crippen molar-refractivity contribution in [1.82, 2.24) is 19.6 Å². The first kappa shape index (κ1) is 28.3. The van der Waals surface area contributed by atoms with Crippen LogP contribution in [0.15, 0.2) is 48.5 Å². The molecule has 1 amide bonds. The van der Waals surface area contributed by atoms with Crippen LogP contribution in [0.1, 0.15) is 47.2 Å². The van der Waals surface area contributed by atoms with Crippen molar-refractivity contribution in [3.05, 3.63) is 65.2 Å². The van der Waals surface area contributed by atoms with Crippen LogP contribution in [0.25, 0.3) is 0 Å². The van der Waals surface area contributed by atoms with Gasteiger partial charge < -0.3 is 14.5 Å². The summed E-state index contributed by atoms with van der Waals surface area (Å²) in [5.74, 6) is 1.42. The van der Waals surface area contributed by atoms with E-state index in [9.17, 15) is 9.59 Å². The smallest absolute Gasteiger partial charge is 0.225 e. The Hall–Kier alpha value is -2.74. The van der Waals surface area contributed by atoms with Crippen LogP contribution in [0, 0.1) is 5.92 Å². The number of carbonyl (C=O) groups excluding carboxylic acids is 2. The first-order valence-electron chi connectivity index (χ1n) is 14.1. The SMILES string of the molecule is CN(C)CCCOc1ccc(CN2CCC(C(=O)N3CCCN(Cc4ccc(C=O)cc4)CC3)CC2)cc1. The molecule has 0 atom stereocenters. The average molecular weight is 521 g/mol. The van der Waals surface area contributed by atoms with E-state index in [0.717, 1.165) is 103 Å². The van der Waals surface area contributed by atoms with E-state index in [4.69, 9.17) is 4.74 Å². The molecule has 7 nitrogen and oxygen atoms in total. The summed E-state index contributed by atoms with van der Waals surface area (Å²) < 4.78 is 5.86. The van der Waals surface area contributed by atoms with Gasteiger partial charge in [-0.1, -0.05) is 36.4 Å². The normalized spacial score (nSPS) is 17.9. The van der Waals surface area contributed by atoms with E-state index < -0.39 is 0 Å². The third kappa shape index (κ3) is 8.65. The van der Waals surface area contributed by atoms with Crippen LogP contribution in [0.4, 0.5) is 0 Å². The summed E-state index contributed by atoms with van der Waals surface area (Å²) in [6.07, 6.45) is 4.79. The number of amides is 1. The van der Waals surface area contributed by atoms with Gasteiger partial charge in [0.2, 0.25) is 5.91 Å². The van der Waals surface area contributed by atoms with Crippen molar-refractivity contribution in [2.24, 2.45) is 5.92 Å². The van der Waals surface area contributed by atoms with Crippen molar-refractivity contribution in [1.29, 1.82) is 0 Å². The molecular formula is C31H44N4O3. The lowest BCUT2D eigenvalue weighted by molar-refractivity contribution is -0.137. The van der Waals surface area contributed by atoms with Gasteiger partial charge >= 0.3 is 0 Å². The molecule has 7 heteroatoms. The second-order valence-corrected chi connectivity index (χ2v) is 11.0. The highest BCUT2D eigenvalue weighted by molar-refractivity contribution is 5.79. The average Bonchev–Trinajstić information content (AvgIpc) is 3.18. The van der Waals surface area contributed by atoms with E-state index in [0.29, 0.717) is 11.5 Å². The van der Waals surface area contributed by atoms with Crippen LogP contribution in [0.2, 0.25) is 0 Å². The zero-order valence-corrected chi connectivity index (χ0v) is 23.2. The van der Waals surface area contributed by atoms with Gasteiger partial charge in [0.1, 0.15) is 12.0 Å². The standard InChI is InChI=1S/C31H44N4O3/c1-32(2)15-4-22-38-30-11-9-27(10-12-30)24-34-18-13-29(14-19-34)31(37)35-17-3-16-33(20-21-35)23-26-5-7-28(25-36)8-6-26/h5-12,25,29H,3-4,13-24H2,1-2H3. The maximum absolute atomic E-state index is 13.3. The Morgan fingerprint density at radius 1 is 0.868 bits per heavy atom. The molecule has 0 aliphatic carbocycles. The van der Waals surface area contributed by atoms with E-state index in [1.165, 1.54) is 11.1 Å². The Kier molecular flexibility index (Phi) is 10.7. The van der Waals surface area contributed by atoms with E-state index in [-0.39, 0.29) is 5.92 Å². The van der Waals surface area contributed by atoms with Crippen molar-refractivity contribution in [2.45, 2.75) is 38.8 Å². The maximum Gasteiger partial charge on any atom is 0.225 e. The van der Waals surface area contributed by atoms with Crippen LogP contribution >= 0.6 is 0 Å². The van der Waals surface area contributed by atoms with Crippen molar-refractivity contribution in [3.8, 4) is 5.75 Å². The second-order valence-electron chi connectivity index (χ2n) is 11.0. The molecule has 0 spiro atoms. The number of aldehydes is 1. The fourth-order valence-electron chi connectivity index (χ4n) is 5.43. The zero-order valence-electron chi connectivity index (χ0n) is 23.2. The van der Waals surface area contributed by atoms with Crippen LogP contribution in [0.5, 0.6) is 5.75 Å². The molecule has 2 heterocycles. The van der Waals surface area contributed by atoms with Crippen molar-refractivity contribution < 1.29 is 14.3 Å². The minimum Gasteiger partial charge on any atom is -0.494 e. The Morgan fingerprint density at radius 2 is 1.50 bits per heavy atom. The first-order chi connectivity index (χ1) is 18.5. The number of nitrogens with zero attached hydrogens (tertiary/aromatic N) is 4. The molecule has 206 valence electrons. The fraction of sp³-hybridized carbons (Fsp3) is 0.548. The molecule has 0 unspecified atom stereocenters. The summed E-state index contributed by atoms with van der Waals surface area (Å²) in [7, 11) is 4.16. The Labute approximate surface area is 228 Å². The molecule has 0 aromatic heterocycles. The molecule has 0 radical (unpaired) electrons. The number of ether oxygens (including phenoxy) is 1. The zero-order chi connectivity index (χ0) is 26.7. The van der Waals surface area contributed by atoms with Crippen LogP contribution in [-0.4, -0.2) is 98.3 Å². The number of rotatable bonds is 11. The van der Waals surface area contributed by atoms with Gasteiger partial charge in [0, 0.05) is 57.3 Å². The topological polar surface area (TPSA) is 56.3 Å². The van der Waals surface area contributed by atoms with E-state index in [1.54, 1.807) is 0 Å². The maximum atomic E-state index is 13.3. The third-order valence-corrected chi connectivity index (χ3v) is 7.71. The molecule has 4 rings (SSSR count). The third-order valence-electron chi connectivity index (χ3n) is 7.71. The molecule has 2 aliphatic heterocycles. The minimum atomic E-state index is 0.145. The molecule has 0 saturated carbocycles. The lowest BCUT2D eigenvalue weighted by Crippen LogP contribution is -2.43. The van der Waals surface area contributed by atoms with Crippen molar-refractivity contribution in [3.63, 3.8) is 0 Å². The molecule has 2 aliphatic rings.